The van der Waals surface area contributed by atoms with Crippen LogP contribution in [0.2, 0.25) is 0 Å². The molecule has 0 radical (unpaired) electrons. The molecular formula is C25H35N3O3S. The van der Waals surface area contributed by atoms with Crippen molar-refractivity contribution in [1.29, 1.82) is 0 Å². The van der Waals surface area contributed by atoms with E-state index in [0.29, 0.717) is 23.5 Å². The van der Waals surface area contributed by atoms with Crippen LogP contribution in [-0.4, -0.2) is 53.0 Å². The molecule has 2 atom stereocenters. The minimum atomic E-state index is -3.31. The molecule has 0 amide bonds. The fourth-order valence-electron chi connectivity index (χ4n) is 5.37. The average Bonchev–Trinajstić information content (AvgIpc) is 3.02. The molecule has 3 aliphatic rings. The summed E-state index contributed by atoms with van der Waals surface area (Å²) in [7, 11) is -3.31. The van der Waals surface area contributed by atoms with E-state index < -0.39 is 9.84 Å². The average molecular weight is 458 g/mol. The first kappa shape index (κ1) is 22.9. The molecule has 3 heterocycles. The topological polar surface area (TPSA) is 75.9 Å². The maximum absolute atomic E-state index is 12.3. The van der Waals surface area contributed by atoms with Crippen LogP contribution in [-0.2, 0) is 9.84 Å². The van der Waals surface area contributed by atoms with Crippen molar-refractivity contribution in [2.45, 2.75) is 38.1 Å². The number of hydrogen-bond donors (Lipinski definition) is 1. The van der Waals surface area contributed by atoms with Crippen molar-refractivity contribution in [3.63, 3.8) is 0 Å². The Labute approximate surface area is 192 Å². The van der Waals surface area contributed by atoms with Gasteiger partial charge in [0.25, 0.3) is 0 Å². The number of hydrogen-bond acceptors (Lipinski definition) is 6. The Morgan fingerprint density at radius 3 is 2.28 bits per heavy atom. The van der Waals surface area contributed by atoms with Crippen LogP contribution in [0.5, 0.6) is 5.75 Å². The first-order valence-electron chi connectivity index (χ1n) is 11.5. The summed E-state index contributed by atoms with van der Waals surface area (Å²) < 4.78 is 30.3. The van der Waals surface area contributed by atoms with Crippen LogP contribution < -0.4 is 20.3 Å². The largest absolute Gasteiger partial charge is 0.494 e. The molecule has 3 fully saturated rings. The molecule has 6 nitrogen and oxygen atoms in total. The fourth-order valence-corrected chi connectivity index (χ4v) is 6.47. The third-order valence-electron chi connectivity index (χ3n) is 6.85. The summed E-state index contributed by atoms with van der Waals surface area (Å²) in [5.41, 5.74) is 7.96. The van der Waals surface area contributed by atoms with Gasteiger partial charge < -0.3 is 20.3 Å². The molecule has 5 rings (SSSR count). The van der Waals surface area contributed by atoms with Crippen LogP contribution in [0.25, 0.3) is 0 Å². The van der Waals surface area contributed by atoms with E-state index in [4.69, 9.17) is 10.5 Å². The minimum Gasteiger partial charge on any atom is -0.494 e. The molecule has 174 valence electrons. The number of rotatable bonds is 7. The van der Waals surface area contributed by atoms with Gasteiger partial charge in [0.1, 0.15) is 5.75 Å². The van der Waals surface area contributed by atoms with E-state index in [1.807, 2.05) is 19.1 Å². The summed E-state index contributed by atoms with van der Waals surface area (Å²) in [5, 5.41) is 0. The predicted octanol–water partition coefficient (Wildman–Crippen LogP) is 3.56. The molecule has 0 aliphatic carbocycles. The third-order valence-corrected chi connectivity index (χ3v) is 8.61. The zero-order valence-corrected chi connectivity index (χ0v) is 20.1. The van der Waals surface area contributed by atoms with E-state index >= 15 is 0 Å². The maximum Gasteiger partial charge on any atom is 0.179 e. The Kier molecular flexibility index (Phi) is 6.41. The number of nitrogens with two attached hydrogens (primary N) is 1. The van der Waals surface area contributed by atoms with Crippen molar-refractivity contribution in [2.24, 2.45) is 17.1 Å². The lowest BCUT2D eigenvalue weighted by Gasteiger charge is -2.48. The van der Waals surface area contributed by atoms with Crippen molar-refractivity contribution in [3.05, 3.63) is 48.5 Å². The number of anilines is 2. The molecule has 7 heteroatoms. The molecule has 0 saturated carbocycles. The van der Waals surface area contributed by atoms with Crippen LogP contribution in [0.3, 0.4) is 0 Å². The lowest BCUT2D eigenvalue weighted by molar-refractivity contribution is 0.192. The van der Waals surface area contributed by atoms with Crippen molar-refractivity contribution < 1.29 is 13.2 Å². The molecule has 2 bridgehead atoms. The van der Waals surface area contributed by atoms with Gasteiger partial charge in [0.15, 0.2) is 9.84 Å². The zero-order chi connectivity index (χ0) is 22.9. The summed E-state index contributed by atoms with van der Waals surface area (Å²) in [6.07, 6.45) is 1.19. The van der Waals surface area contributed by atoms with Crippen molar-refractivity contribution >= 4 is 21.2 Å². The Morgan fingerprint density at radius 2 is 1.66 bits per heavy atom. The van der Waals surface area contributed by atoms with E-state index in [-0.39, 0.29) is 17.7 Å². The normalized spacial score (nSPS) is 22.6. The van der Waals surface area contributed by atoms with Gasteiger partial charge in [-0.1, -0.05) is 13.8 Å². The minimum absolute atomic E-state index is 0.0224. The van der Waals surface area contributed by atoms with Crippen LogP contribution in [0, 0.1) is 11.3 Å². The van der Waals surface area contributed by atoms with Gasteiger partial charge in [0, 0.05) is 37.6 Å². The van der Waals surface area contributed by atoms with Gasteiger partial charge in [0.05, 0.1) is 23.3 Å². The first-order chi connectivity index (χ1) is 15.2. The van der Waals surface area contributed by atoms with Crippen molar-refractivity contribution in [3.8, 4) is 5.75 Å². The second kappa shape index (κ2) is 8.94. The summed E-state index contributed by atoms with van der Waals surface area (Å²) in [6, 6.07) is 16.2. The number of benzene rings is 2. The summed E-state index contributed by atoms with van der Waals surface area (Å²) >= 11 is 0. The molecule has 0 unspecified atom stereocenters. The highest BCUT2D eigenvalue weighted by molar-refractivity contribution is 7.91. The zero-order valence-electron chi connectivity index (χ0n) is 19.3. The number of sulfone groups is 1. The van der Waals surface area contributed by atoms with Gasteiger partial charge in [-0.15, -0.1) is 0 Å². The Bertz CT molecular complexity index is 1020. The van der Waals surface area contributed by atoms with E-state index in [1.165, 1.54) is 12.1 Å². The molecule has 2 N–H and O–H groups in total. The monoisotopic (exact) mass is 457 g/mol. The molecule has 2 aromatic rings. The van der Waals surface area contributed by atoms with Gasteiger partial charge in [-0.3, -0.25) is 0 Å². The predicted molar refractivity (Wildman–Crippen MR) is 130 cm³/mol. The smallest absolute Gasteiger partial charge is 0.179 e. The highest BCUT2D eigenvalue weighted by atomic mass is 32.2. The quantitative estimate of drug-likeness (QED) is 0.685. The van der Waals surface area contributed by atoms with Crippen LogP contribution in [0.1, 0.15) is 27.2 Å². The molecule has 3 aliphatic heterocycles. The van der Waals surface area contributed by atoms with Crippen LogP contribution in [0.4, 0.5) is 11.4 Å². The second-order valence-corrected chi connectivity index (χ2v) is 11.8. The summed E-state index contributed by atoms with van der Waals surface area (Å²) in [6.45, 7) is 10.5. The SMILES string of the molecule is CCOc1ccc(N2C[C@@H]3CN(c4ccc(S(=O)(=O)CCN)cc4)C[C@@H]2C(C)(C)C3)cc1. The van der Waals surface area contributed by atoms with Gasteiger partial charge >= 0.3 is 0 Å². The van der Waals surface area contributed by atoms with Crippen molar-refractivity contribution in [1.82, 2.24) is 0 Å². The number of ether oxygens (including phenoxy) is 1. The molecule has 2 aromatic carbocycles. The molecular weight excluding hydrogens is 422 g/mol. The van der Waals surface area contributed by atoms with E-state index in [9.17, 15) is 8.42 Å². The Hall–Kier alpha value is -2.25. The van der Waals surface area contributed by atoms with Gasteiger partial charge in [0.2, 0.25) is 0 Å². The standard InChI is InChI=1S/C25H35N3O3S/c1-4-31-22-9-5-21(6-10-22)28-17-19-15-25(2,3)24(28)18-27(16-19)20-7-11-23(12-8-20)32(29,30)14-13-26/h5-12,19,24H,4,13-18,26H2,1-3H3/t19-,24+/m0/s1. The first-order valence-corrected chi connectivity index (χ1v) is 13.2. The lowest BCUT2D eigenvalue weighted by atomic mass is 9.73. The number of nitrogens with zero attached hydrogens (tertiary/aromatic N) is 2. The van der Waals surface area contributed by atoms with Crippen LogP contribution >= 0.6 is 0 Å². The van der Waals surface area contributed by atoms with Crippen LogP contribution in [0.15, 0.2) is 53.4 Å². The summed E-state index contributed by atoms with van der Waals surface area (Å²) in [4.78, 5) is 5.34. The van der Waals surface area contributed by atoms with Crippen molar-refractivity contribution in [2.75, 3.05) is 48.3 Å². The highest BCUT2D eigenvalue weighted by Crippen LogP contribution is 2.44. The van der Waals surface area contributed by atoms with Gasteiger partial charge in [-0.2, -0.15) is 0 Å². The van der Waals surface area contributed by atoms with Gasteiger partial charge in [-0.25, -0.2) is 8.42 Å². The maximum atomic E-state index is 12.3. The second-order valence-electron chi connectivity index (χ2n) is 9.66. The fraction of sp³-hybridized carbons (Fsp3) is 0.520. The highest BCUT2D eigenvalue weighted by Gasteiger charge is 2.45. The lowest BCUT2D eigenvalue weighted by Crippen LogP contribution is -2.53. The molecule has 32 heavy (non-hydrogen) atoms. The van der Waals surface area contributed by atoms with E-state index in [0.717, 1.165) is 31.1 Å². The third kappa shape index (κ3) is 4.59. The Balaban J connectivity index is 1.58. The molecule has 0 spiro atoms. The molecule has 0 aromatic heterocycles. The molecule has 3 saturated heterocycles. The number of fused-ring (bicyclic) bond motifs is 4. The van der Waals surface area contributed by atoms with E-state index in [1.54, 1.807) is 12.1 Å². The van der Waals surface area contributed by atoms with Gasteiger partial charge in [-0.05, 0) is 73.2 Å². The number of piperidine rings is 1. The Morgan fingerprint density at radius 1 is 1.00 bits per heavy atom. The van der Waals surface area contributed by atoms with E-state index in [2.05, 4.69) is 47.9 Å². The summed E-state index contributed by atoms with van der Waals surface area (Å²) in [5.74, 6) is 1.42.